The molecule has 1 atom stereocenters. The van der Waals surface area contributed by atoms with Gasteiger partial charge in [-0.15, -0.1) is 0 Å². The Labute approximate surface area is 157 Å². The zero-order chi connectivity index (χ0) is 18.4. The van der Waals surface area contributed by atoms with Crippen molar-refractivity contribution in [1.29, 1.82) is 0 Å². The Morgan fingerprint density at radius 3 is 2.68 bits per heavy atom. The molecule has 0 aliphatic carbocycles. The summed E-state index contributed by atoms with van der Waals surface area (Å²) >= 11 is 6.63. The van der Waals surface area contributed by atoms with Crippen molar-refractivity contribution in [2.24, 2.45) is 0 Å². The number of rotatable bonds is 8. The Morgan fingerprint density at radius 2 is 2.04 bits per heavy atom. The van der Waals surface area contributed by atoms with Gasteiger partial charge >= 0.3 is 0 Å². The fraction of sp³-hybridized carbons (Fsp3) is 0.444. The maximum absolute atomic E-state index is 12.0. The average Bonchev–Trinajstić information content (AvgIpc) is 2.80. The second-order valence-corrected chi connectivity index (χ2v) is 7.99. The summed E-state index contributed by atoms with van der Waals surface area (Å²) < 4.78 is 0.653. The molecule has 1 heterocycles. The van der Waals surface area contributed by atoms with Crippen LogP contribution < -0.4 is 5.32 Å². The second kappa shape index (κ2) is 9.10. The number of Topliss-reactive ketones (excluding diaryl/α,β-unsaturated/α-hetero) is 1. The zero-order valence-corrected chi connectivity index (χ0v) is 16.0. The van der Waals surface area contributed by atoms with Gasteiger partial charge in [-0.3, -0.25) is 19.3 Å². The molecule has 1 aromatic rings. The highest BCUT2D eigenvalue weighted by Crippen LogP contribution is 2.27. The number of benzene rings is 1. The van der Waals surface area contributed by atoms with Gasteiger partial charge in [0.2, 0.25) is 11.8 Å². The van der Waals surface area contributed by atoms with E-state index in [9.17, 15) is 14.4 Å². The quantitative estimate of drug-likeness (QED) is 0.425. The van der Waals surface area contributed by atoms with E-state index in [1.165, 1.54) is 18.7 Å². The summed E-state index contributed by atoms with van der Waals surface area (Å²) in [4.78, 5) is 36.9. The molecule has 1 N–H and O–H groups in total. The van der Waals surface area contributed by atoms with E-state index < -0.39 is 0 Å². The molecule has 0 saturated carbocycles. The lowest BCUT2D eigenvalue weighted by molar-refractivity contribution is -0.125. The van der Waals surface area contributed by atoms with E-state index in [-0.39, 0.29) is 22.8 Å². The molecule has 1 fully saturated rings. The number of thioether (sulfide) groups is 1. The minimum absolute atomic E-state index is 0.0297. The first-order valence-corrected chi connectivity index (χ1v) is 9.60. The van der Waals surface area contributed by atoms with Crippen LogP contribution in [0.4, 0.5) is 5.69 Å². The highest BCUT2D eigenvalue weighted by Gasteiger charge is 2.32. The van der Waals surface area contributed by atoms with Crippen molar-refractivity contribution in [3.05, 3.63) is 29.8 Å². The Kier molecular flexibility index (Phi) is 7.13. The van der Waals surface area contributed by atoms with Gasteiger partial charge in [0.15, 0.2) is 5.78 Å². The summed E-state index contributed by atoms with van der Waals surface area (Å²) in [6.07, 6.45) is 2.84. The van der Waals surface area contributed by atoms with Crippen LogP contribution in [0, 0.1) is 0 Å². The van der Waals surface area contributed by atoms with Gasteiger partial charge in [0, 0.05) is 24.2 Å². The molecule has 25 heavy (non-hydrogen) atoms. The standard InChI is InChI=1S/C18H22N2O3S2/c1-12(21)14-7-6-8-15(11-14)19-16(22)9-4-3-5-10-20-17(23)13(2)25-18(20)24/h6-8,11,13H,3-5,9-10H2,1-2H3,(H,19,22). The third-order valence-corrected chi connectivity index (χ3v) is 5.44. The molecule has 1 aromatic carbocycles. The molecule has 1 saturated heterocycles. The van der Waals surface area contributed by atoms with Gasteiger partial charge in [-0.2, -0.15) is 0 Å². The van der Waals surface area contributed by atoms with Crippen LogP contribution >= 0.6 is 24.0 Å². The van der Waals surface area contributed by atoms with Crippen LogP contribution in [0.15, 0.2) is 24.3 Å². The molecule has 2 rings (SSSR count). The predicted octanol–water partition coefficient (Wildman–Crippen LogP) is 3.64. The van der Waals surface area contributed by atoms with E-state index >= 15 is 0 Å². The predicted molar refractivity (Wildman–Crippen MR) is 105 cm³/mol. The number of carbonyl (C=O) groups excluding carboxylic acids is 3. The van der Waals surface area contributed by atoms with Gasteiger partial charge < -0.3 is 5.32 Å². The second-order valence-electron chi connectivity index (χ2n) is 6.01. The number of unbranched alkanes of at least 4 members (excludes halogenated alkanes) is 2. The number of thiocarbonyl (C=S) groups is 1. The fourth-order valence-corrected chi connectivity index (χ4v) is 4.00. The van der Waals surface area contributed by atoms with E-state index in [0.29, 0.717) is 28.5 Å². The van der Waals surface area contributed by atoms with Crippen LogP contribution in [0.2, 0.25) is 0 Å². The number of nitrogens with one attached hydrogen (secondary N) is 1. The Hall–Kier alpha value is -1.73. The molecule has 1 unspecified atom stereocenters. The number of hydrogen-bond acceptors (Lipinski definition) is 5. The first kappa shape index (κ1) is 19.6. The van der Waals surface area contributed by atoms with Crippen LogP contribution in [0.5, 0.6) is 0 Å². The van der Waals surface area contributed by atoms with Crippen molar-refractivity contribution in [2.45, 2.75) is 44.8 Å². The third kappa shape index (κ3) is 5.64. The minimum atomic E-state index is -0.0796. The van der Waals surface area contributed by atoms with Crippen LogP contribution in [0.3, 0.4) is 0 Å². The molecule has 0 spiro atoms. The fourth-order valence-electron chi connectivity index (χ4n) is 2.55. The van der Waals surface area contributed by atoms with Gasteiger partial charge in [0.05, 0.1) is 5.25 Å². The maximum Gasteiger partial charge on any atom is 0.241 e. The summed E-state index contributed by atoms with van der Waals surface area (Å²) in [5.41, 5.74) is 1.22. The van der Waals surface area contributed by atoms with Crippen molar-refractivity contribution in [3.63, 3.8) is 0 Å². The highest BCUT2D eigenvalue weighted by atomic mass is 32.2. The first-order valence-electron chi connectivity index (χ1n) is 8.31. The minimum Gasteiger partial charge on any atom is -0.326 e. The molecule has 134 valence electrons. The maximum atomic E-state index is 12.0. The normalized spacial score (nSPS) is 17.0. The summed E-state index contributed by atoms with van der Waals surface area (Å²) in [6, 6.07) is 6.92. The van der Waals surface area contributed by atoms with Gasteiger partial charge in [0.1, 0.15) is 4.32 Å². The van der Waals surface area contributed by atoms with Crippen molar-refractivity contribution in [1.82, 2.24) is 4.90 Å². The summed E-state index contributed by atoms with van der Waals surface area (Å²) in [6.45, 7) is 3.99. The van der Waals surface area contributed by atoms with Gasteiger partial charge in [0.25, 0.3) is 0 Å². The van der Waals surface area contributed by atoms with Gasteiger partial charge in [-0.05, 0) is 38.8 Å². The third-order valence-electron chi connectivity index (χ3n) is 3.95. The van der Waals surface area contributed by atoms with E-state index in [2.05, 4.69) is 5.32 Å². The smallest absolute Gasteiger partial charge is 0.241 e. The number of amides is 2. The highest BCUT2D eigenvalue weighted by molar-refractivity contribution is 8.24. The molecule has 7 heteroatoms. The largest absolute Gasteiger partial charge is 0.326 e. The van der Waals surface area contributed by atoms with E-state index in [1.54, 1.807) is 29.2 Å². The van der Waals surface area contributed by atoms with E-state index in [4.69, 9.17) is 12.2 Å². The molecule has 0 bridgehead atoms. The summed E-state index contributed by atoms with van der Waals surface area (Å²) in [5.74, 6) is -0.0197. The molecular weight excluding hydrogens is 356 g/mol. The van der Waals surface area contributed by atoms with Gasteiger partial charge in [-0.1, -0.05) is 42.5 Å². The topological polar surface area (TPSA) is 66.5 Å². The van der Waals surface area contributed by atoms with Gasteiger partial charge in [-0.25, -0.2) is 0 Å². The molecule has 0 aromatic heterocycles. The monoisotopic (exact) mass is 378 g/mol. The Balaban J connectivity index is 1.67. The Morgan fingerprint density at radius 1 is 1.28 bits per heavy atom. The first-order chi connectivity index (χ1) is 11.9. The van der Waals surface area contributed by atoms with Crippen molar-refractivity contribution >= 4 is 51.6 Å². The lowest BCUT2D eigenvalue weighted by atomic mass is 10.1. The molecular formula is C18H22N2O3S2. The molecule has 5 nitrogen and oxygen atoms in total. The number of nitrogens with zero attached hydrogens (tertiary/aromatic N) is 1. The number of hydrogen-bond donors (Lipinski definition) is 1. The van der Waals surface area contributed by atoms with Crippen LogP contribution in [-0.4, -0.2) is 38.6 Å². The lowest BCUT2D eigenvalue weighted by Gasteiger charge is -2.14. The number of anilines is 1. The molecule has 1 aliphatic heterocycles. The van der Waals surface area contributed by atoms with Crippen LogP contribution in [-0.2, 0) is 9.59 Å². The van der Waals surface area contributed by atoms with Crippen molar-refractivity contribution < 1.29 is 14.4 Å². The van der Waals surface area contributed by atoms with Crippen LogP contribution in [0.25, 0.3) is 0 Å². The van der Waals surface area contributed by atoms with E-state index in [1.807, 2.05) is 6.92 Å². The average molecular weight is 379 g/mol. The molecule has 2 amide bonds. The van der Waals surface area contributed by atoms with Crippen molar-refractivity contribution in [3.8, 4) is 0 Å². The van der Waals surface area contributed by atoms with Crippen molar-refractivity contribution in [2.75, 3.05) is 11.9 Å². The van der Waals surface area contributed by atoms with Crippen LogP contribution in [0.1, 0.15) is 49.9 Å². The number of ketones is 1. The molecule has 1 aliphatic rings. The SMILES string of the molecule is CC(=O)c1cccc(NC(=O)CCCCCN2C(=O)C(C)SC2=S)c1. The zero-order valence-electron chi connectivity index (χ0n) is 14.4. The Bertz CT molecular complexity index is 691. The van der Waals surface area contributed by atoms with E-state index in [0.717, 1.165) is 19.3 Å². The molecule has 0 radical (unpaired) electrons. The lowest BCUT2D eigenvalue weighted by Crippen LogP contribution is -2.31. The summed E-state index contributed by atoms with van der Waals surface area (Å²) in [7, 11) is 0. The summed E-state index contributed by atoms with van der Waals surface area (Å²) in [5, 5.41) is 2.73. The number of carbonyl (C=O) groups is 3.